The van der Waals surface area contributed by atoms with Crippen LogP contribution in [0.4, 0.5) is 0 Å². The molecular formula is C14H25. The van der Waals surface area contributed by atoms with Crippen molar-refractivity contribution in [3.63, 3.8) is 0 Å². The van der Waals surface area contributed by atoms with Gasteiger partial charge in [0.1, 0.15) is 0 Å². The van der Waals surface area contributed by atoms with Crippen LogP contribution in [0, 0.1) is 5.92 Å². The summed E-state index contributed by atoms with van der Waals surface area (Å²) in [6, 6.07) is 0. The molecule has 0 aromatic heterocycles. The van der Waals surface area contributed by atoms with Crippen molar-refractivity contribution in [2.75, 3.05) is 0 Å². The second-order valence-corrected chi connectivity index (χ2v) is 4.55. The molecule has 0 aromatic rings. The lowest BCUT2D eigenvalue weighted by molar-refractivity contribution is 0.506. The normalized spacial score (nSPS) is 21.7. The SMILES string of the molecule is C=CCC[C]1CCCCCCCCC1. The van der Waals surface area contributed by atoms with E-state index in [-0.39, 0.29) is 0 Å². The van der Waals surface area contributed by atoms with Crippen LogP contribution in [0.25, 0.3) is 0 Å². The van der Waals surface area contributed by atoms with Crippen molar-refractivity contribution >= 4 is 0 Å². The van der Waals surface area contributed by atoms with Gasteiger partial charge in [-0.25, -0.2) is 0 Å². The van der Waals surface area contributed by atoms with E-state index in [2.05, 4.69) is 12.7 Å². The van der Waals surface area contributed by atoms with Gasteiger partial charge < -0.3 is 0 Å². The summed E-state index contributed by atoms with van der Waals surface area (Å²) in [7, 11) is 0. The summed E-state index contributed by atoms with van der Waals surface area (Å²) in [5.41, 5.74) is 0. The van der Waals surface area contributed by atoms with E-state index in [1.807, 2.05) is 5.92 Å². The lowest BCUT2D eigenvalue weighted by atomic mass is 9.89. The van der Waals surface area contributed by atoms with E-state index in [9.17, 15) is 0 Å². The molecule has 0 spiro atoms. The number of hydrogen-bond donors (Lipinski definition) is 0. The smallest absolute Gasteiger partial charge is 0.0238 e. The molecule has 1 aliphatic carbocycles. The van der Waals surface area contributed by atoms with Crippen LogP contribution in [-0.4, -0.2) is 0 Å². The van der Waals surface area contributed by atoms with Crippen molar-refractivity contribution in [2.24, 2.45) is 0 Å². The molecule has 0 bridgehead atoms. The summed E-state index contributed by atoms with van der Waals surface area (Å²) in [5, 5.41) is 0. The van der Waals surface area contributed by atoms with Gasteiger partial charge in [-0.2, -0.15) is 0 Å². The molecule has 1 fully saturated rings. The molecule has 0 atom stereocenters. The molecule has 0 amide bonds. The molecule has 0 aliphatic heterocycles. The zero-order chi connectivity index (χ0) is 10.1. The first-order valence-corrected chi connectivity index (χ1v) is 6.38. The minimum Gasteiger partial charge on any atom is -0.103 e. The van der Waals surface area contributed by atoms with Gasteiger partial charge in [-0.1, -0.05) is 51.0 Å². The molecule has 81 valence electrons. The van der Waals surface area contributed by atoms with E-state index in [1.54, 1.807) is 0 Å². The first-order chi connectivity index (χ1) is 6.93. The minimum absolute atomic E-state index is 1.19. The fraction of sp³-hybridized carbons (Fsp3) is 0.786. The van der Waals surface area contributed by atoms with Crippen molar-refractivity contribution in [1.82, 2.24) is 0 Å². The van der Waals surface area contributed by atoms with E-state index >= 15 is 0 Å². The van der Waals surface area contributed by atoms with Gasteiger partial charge in [0.2, 0.25) is 0 Å². The monoisotopic (exact) mass is 193 g/mol. The number of allylic oxidation sites excluding steroid dienone is 1. The van der Waals surface area contributed by atoms with Crippen molar-refractivity contribution in [3.05, 3.63) is 18.6 Å². The third-order valence-corrected chi connectivity index (χ3v) is 3.26. The second kappa shape index (κ2) is 8.08. The van der Waals surface area contributed by atoms with Gasteiger partial charge in [-0.05, 0) is 31.6 Å². The van der Waals surface area contributed by atoms with Gasteiger partial charge >= 0.3 is 0 Å². The molecule has 0 aromatic carbocycles. The fourth-order valence-corrected chi connectivity index (χ4v) is 2.32. The standard InChI is InChI=1S/C14H25/c1-2-3-11-14-12-9-7-5-4-6-8-10-13-14/h2H,1,3-13H2. The highest BCUT2D eigenvalue weighted by Gasteiger charge is 2.09. The molecule has 0 heteroatoms. The van der Waals surface area contributed by atoms with Crippen LogP contribution >= 0.6 is 0 Å². The first-order valence-electron chi connectivity index (χ1n) is 6.38. The Kier molecular flexibility index (Phi) is 6.82. The molecule has 1 rings (SSSR count). The van der Waals surface area contributed by atoms with Crippen LogP contribution in [0.2, 0.25) is 0 Å². The van der Waals surface area contributed by atoms with E-state index in [0.29, 0.717) is 0 Å². The second-order valence-electron chi connectivity index (χ2n) is 4.55. The average molecular weight is 193 g/mol. The van der Waals surface area contributed by atoms with Gasteiger partial charge in [0.05, 0.1) is 0 Å². The number of rotatable bonds is 3. The molecular weight excluding hydrogens is 168 g/mol. The molecule has 0 nitrogen and oxygen atoms in total. The summed E-state index contributed by atoms with van der Waals surface area (Å²) < 4.78 is 0. The van der Waals surface area contributed by atoms with Crippen molar-refractivity contribution in [2.45, 2.75) is 70.6 Å². The highest BCUT2D eigenvalue weighted by atomic mass is 14.1. The van der Waals surface area contributed by atoms with Gasteiger partial charge in [0, 0.05) is 0 Å². The lowest BCUT2D eigenvalue weighted by Gasteiger charge is -2.16. The molecule has 1 aliphatic rings. The average Bonchev–Trinajstić information content (AvgIpc) is 2.23. The van der Waals surface area contributed by atoms with E-state index < -0.39 is 0 Å². The molecule has 14 heavy (non-hydrogen) atoms. The van der Waals surface area contributed by atoms with Crippen LogP contribution in [0.5, 0.6) is 0 Å². The topological polar surface area (TPSA) is 0 Å². The van der Waals surface area contributed by atoms with E-state index in [4.69, 9.17) is 0 Å². The highest BCUT2D eigenvalue weighted by Crippen LogP contribution is 2.26. The third kappa shape index (κ3) is 5.47. The summed E-state index contributed by atoms with van der Waals surface area (Å²) in [5.74, 6) is 1.81. The Morgan fingerprint density at radius 1 is 0.857 bits per heavy atom. The van der Waals surface area contributed by atoms with Crippen molar-refractivity contribution < 1.29 is 0 Å². The van der Waals surface area contributed by atoms with Crippen molar-refractivity contribution in [3.8, 4) is 0 Å². The van der Waals surface area contributed by atoms with Crippen LogP contribution in [-0.2, 0) is 0 Å². The zero-order valence-electron chi connectivity index (χ0n) is 9.56. The molecule has 0 unspecified atom stereocenters. The number of hydrogen-bond acceptors (Lipinski definition) is 0. The van der Waals surface area contributed by atoms with Crippen LogP contribution in [0.15, 0.2) is 12.7 Å². The van der Waals surface area contributed by atoms with E-state index in [1.165, 1.54) is 70.6 Å². The quantitative estimate of drug-likeness (QED) is 0.550. The first kappa shape index (κ1) is 11.8. The maximum absolute atomic E-state index is 3.81. The predicted molar refractivity (Wildman–Crippen MR) is 64.2 cm³/mol. The summed E-state index contributed by atoms with van der Waals surface area (Å²) in [6.45, 7) is 3.81. The van der Waals surface area contributed by atoms with Crippen LogP contribution in [0.3, 0.4) is 0 Å². The Labute approximate surface area is 89.8 Å². The summed E-state index contributed by atoms with van der Waals surface area (Å²) >= 11 is 0. The summed E-state index contributed by atoms with van der Waals surface area (Å²) in [6.07, 6.45) is 17.5. The van der Waals surface area contributed by atoms with Gasteiger partial charge in [0.15, 0.2) is 0 Å². The maximum Gasteiger partial charge on any atom is -0.0238 e. The fourth-order valence-electron chi connectivity index (χ4n) is 2.32. The molecule has 0 N–H and O–H groups in total. The van der Waals surface area contributed by atoms with Crippen LogP contribution in [0.1, 0.15) is 70.6 Å². The van der Waals surface area contributed by atoms with Crippen LogP contribution < -0.4 is 0 Å². The summed E-state index contributed by atoms with van der Waals surface area (Å²) in [4.78, 5) is 0. The predicted octanol–water partition coefficient (Wildman–Crippen LogP) is 5.05. The van der Waals surface area contributed by atoms with Gasteiger partial charge in [-0.15, -0.1) is 6.58 Å². The van der Waals surface area contributed by atoms with E-state index in [0.717, 1.165) is 0 Å². The Bertz CT molecular complexity index is 127. The largest absolute Gasteiger partial charge is 0.103 e. The minimum atomic E-state index is 1.19. The maximum atomic E-state index is 3.81. The Morgan fingerprint density at radius 2 is 1.36 bits per heavy atom. The van der Waals surface area contributed by atoms with Gasteiger partial charge in [-0.3, -0.25) is 0 Å². The Balaban J connectivity index is 2.19. The molecule has 1 saturated carbocycles. The molecule has 0 heterocycles. The van der Waals surface area contributed by atoms with Gasteiger partial charge in [0.25, 0.3) is 0 Å². The lowest BCUT2D eigenvalue weighted by Crippen LogP contribution is -1.99. The molecule has 0 saturated heterocycles. The Hall–Kier alpha value is -0.260. The zero-order valence-corrected chi connectivity index (χ0v) is 9.56. The Morgan fingerprint density at radius 3 is 1.86 bits per heavy atom. The third-order valence-electron chi connectivity index (χ3n) is 3.26. The highest BCUT2D eigenvalue weighted by molar-refractivity contribution is 4.91. The van der Waals surface area contributed by atoms with Crippen molar-refractivity contribution in [1.29, 1.82) is 0 Å². The molecule has 1 radical (unpaired) electrons.